The molecular weight excluding hydrogens is 314 g/mol. The number of piperidine rings is 1. The van der Waals surface area contributed by atoms with E-state index in [1.54, 1.807) is 0 Å². The summed E-state index contributed by atoms with van der Waals surface area (Å²) in [7, 11) is 0. The zero-order valence-corrected chi connectivity index (χ0v) is 15.3. The van der Waals surface area contributed by atoms with Crippen LogP contribution in [0.25, 0.3) is 0 Å². The maximum atomic E-state index is 12.2. The van der Waals surface area contributed by atoms with Gasteiger partial charge in [0, 0.05) is 19.6 Å². The van der Waals surface area contributed by atoms with E-state index in [1.807, 2.05) is 13.0 Å². The molecule has 0 spiro atoms. The van der Waals surface area contributed by atoms with Crippen molar-refractivity contribution in [2.45, 2.75) is 45.2 Å². The molecule has 1 aromatic rings. The minimum Gasteiger partial charge on any atom is -0.494 e. The maximum absolute atomic E-state index is 12.2. The second kappa shape index (κ2) is 9.20. The number of amides is 1. The molecule has 0 bridgehead atoms. The van der Waals surface area contributed by atoms with Crippen molar-refractivity contribution in [2.24, 2.45) is 5.92 Å². The van der Waals surface area contributed by atoms with Gasteiger partial charge in [0.1, 0.15) is 5.75 Å². The molecule has 2 aliphatic heterocycles. The van der Waals surface area contributed by atoms with Crippen molar-refractivity contribution in [3.8, 4) is 5.75 Å². The van der Waals surface area contributed by atoms with Crippen LogP contribution in [0.15, 0.2) is 24.3 Å². The van der Waals surface area contributed by atoms with Crippen LogP contribution in [0.1, 0.15) is 38.2 Å². The first-order valence-corrected chi connectivity index (χ1v) is 9.70. The molecule has 0 aromatic heterocycles. The molecular formula is C20H31N3O2. The first-order chi connectivity index (χ1) is 12.2. The Bertz CT molecular complexity index is 558. The molecule has 138 valence electrons. The average molecular weight is 345 g/mol. The Morgan fingerprint density at radius 3 is 3.08 bits per heavy atom. The second-order valence-electron chi connectivity index (χ2n) is 7.22. The third kappa shape index (κ3) is 5.44. The van der Waals surface area contributed by atoms with Gasteiger partial charge in [0.05, 0.1) is 12.6 Å². The van der Waals surface area contributed by atoms with Gasteiger partial charge in [-0.25, -0.2) is 0 Å². The molecule has 2 fully saturated rings. The number of ether oxygens (including phenoxy) is 1. The summed E-state index contributed by atoms with van der Waals surface area (Å²) in [5.74, 6) is 1.68. The summed E-state index contributed by atoms with van der Waals surface area (Å²) in [6.45, 7) is 7.62. The van der Waals surface area contributed by atoms with E-state index >= 15 is 0 Å². The fourth-order valence-electron chi connectivity index (χ4n) is 3.90. The van der Waals surface area contributed by atoms with Crippen LogP contribution in [0.5, 0.6) is 5.75 Å². The minimum atomic E-state index is 0.0287. The van der Waals surface area contributed by atoms with Crippen molar-refractivity contribution >= 4 is 5.91 Å². The molecule has 5 heteroatoms. The lowest BCUT2D eigenvalue weighted by Gasteiger charge is -2.33. The number of nitrogens with one attached hydrogen (secondary N) is 2. The number of carbonyl (C=O) groups excluding carboxylic acids is 1. The maximum Gasteiger partial charge on any atom is 0.237 e. The van der Waals surface area contributed by atoms with Gasteiger partial charge in [-0.1, -0.05) is 12.1 Å². The quantitative estimate of drug-likeness (QED) is 0.795. The van der Waals surface area contributed by atoms with Gasteiger partial charge in [-0.15, -0.1) is 0 Å². The molecule has 2 aliphatic rings. The molecule has 2 unspecified atom stereocenters. The zero-order chi connectivity index (χ0) is 17.5. The molecule has 0 radical (unpaired) electrons. The van der Waals surface area contributed by atoms with Crippen LogP contribution < -0.4 is 15.4 Å². The number of benzene rings is 1. The van der Waals surface area contributed by atoms with E-state index in [9.17, 15) is 4.79 Å². The molecule has 1 amide bonds. The first kappa shape index (κ1) is 18.2. The fourth-order valence-corrected chi connectivity index (χ4v) is 3.90. The van der Waals surface area contributed by atoms with Crippen LogP contribution in [0.4, 0.5) is 0 Å². The van der Waals surface area contributed by atoms with Gasteiger partial charge in [-0.05, 0) is 69.3 Å². The highest BCUT2D eigenvalue weighted by molar-refractivity contribution is 5.81. The van der Waals surface area contributed by atoms with Crippen LogP contribution in [0, 0.1) is 5.92 Å². The highest BCUT2D eigenvalue weighted by atomic mass is 16.5. The number of rotatable bonds is 7. The SMILES string of the molecule is CCOc1cccc(CN2CCCC(CNC(=O)C3CCCN3)C2)c1. The molecule has 1 aromatic carbocycles. The van der Waals surface area contributed by atoms with E-state index in [0.29, 0.717) is 12.5 Å². The molecule has 0 aliphatic carbocycles. The highest BCUT2D eigenvalue weighted by Crippen LogP contribution is 2.20. The molecule has 2 saturated heterocycles. The van der Waals surface area contributed by atoms with Gasteiger partial charge in [0.15, 0.2) is 0 Å². The molecule has 5 nitrogen and oxygen atoms in total. The summed E-state index contributed by atoms with van der Waals surface area (Å²) >= 11 is 0. The lowest BCUT2D eigenvalue weighted by Crippen LogP contribution is -2.45. The van der Waals surface area contributed by atoms with Crippen LogP contribution >= 0.6 is 0 Å². The summed E-state index contributed by atoms with van der Waals surface area (Å²) in [5.41, 5.74) is 1.30. The lowest BCUT2D eigenvalue weighted by atomic mass is 9.97. The Balaban J connectivity index is 1.46. The predicted molar refractivity (Wildman–Crippen MR) is 99.6 cm³/mol. The standard InChI is InChI=1S/C20H31N3O2/c1-2-25-18-8-3-6-16(12-18)14-23-11-5-7-17(15-23)13-22-20(24)19-9-4-10-21-19/h3,6,8,12,17,19,21H,2,4-5,7,9-11,13-15H2,1H3,(H,22,24). The van der Waals surface area contributed by atoms with E-state index in [0.717, 1.165) is 51.3 Å². The number of hydrogen-bond donors (Lipinski definition) is 2. The van der Waals surface area contributed by atoms with Crippen LogP contribution in [0.3, 0.4) is 0 Å². The number of nitrogens with zero attached hydrogens (tertiary/aromatic N) is 1. The number of hydrogen-bond acceptors (Lipinski definition) is 4. The van der Waals surface area contributed by atoms with Gasteiger partial charge in [0.2, 0.25) is 5.91 Å². The van der Waals surface area contributed by atoms with E-state index in [2.05, 4.69) is 33.7 Å². The van der Waals surface area contributed by atoms with Crippen LogP contribution in [-0.4, -0.2) is 49.6 Å². The largest absolute Gasteiger partial charge is 0.494 e. The van der Waals surface area contributed by atoms with Crippen molar-refractivity contribution in [3.63, 3.8) is 0 Å². The summed E-state index contributed by atoms with van der Waals surface area (Å²) in [6, 6.07) is 8.41. The van der Waals surface area contributed by atoms with Crippen molar-refractivity contribution in [1.29, 1.82) is 0 Å². The van der Waals surface area contributed by atoms with Gasteiger partial charge in [0.25, 0.3) is 0 Å². The van der Waals surface area contributed by atoms with Gasteiger partial charge in [-0.3, -0.25) is 9.69 Å². The van der Waals surface area contributed by atoms with Gasteiger partial charge in [-0.2, -0.15) is 0 Å². The van der Waals surface area contributed by atoms with Crippen molar-refractivity contribution in [1.82, 2.24) is 15.5 Å². The summed E-state index contributed by atoms with van der Waals surface area (Å²) < 4.78 is 5.60. The van der Waals surface area contributed by atoms with Gasteiger partial charge >= 0.3 is 0 Å². The molecule has 2 N–H and O–H groups in total. The Morgan fingerprint density at radius 2 is 2.28 bits per heavy atom. The predicted octanol–water partition coefficient (Wildman–Crippen LogP) is 2.17. The lowest BCUT2D eigenvalue weighted by molar-refractivity contribution is -0.123. The average Bonchev–Trinajstić information content (AvgIpc) is 3.15. The van der Waals surface area contributed by atoms with Crippen molar-refractivity contribution in [3.05, 3.63) is 29.8 Å². The Hall–Kier alpha value is -1.59. The molecule has 25 heavy (non-hydrogen) atoms. The molecule has 0 saturated carbocycles. The zero-order valence-electron chi connectivity index (χ0n) is 15.3. The minimum absolute atomic E-state index is 0.0287. The van der Waals surface area contributed by atoms with Crippen molar-refractivity contribution in [2.75, 3.05) is 32.8 Å². The topological polar surface area (TPSA) is 53.6 Å². The molecule has 2 heterocycles. The normalized spacial score (nSPS) is 24.2. The summed E-state index contributed by atoms with van der Waals surface area (Å²) in [6.07, 6.45) is 4.48. The first-order valence-electron chi connectivity index (χ1n) is 9.70. The van der Waals surface area contributed by atoms with Crippen LogP contribution in [0.2, 0.25) is 0 Å². The van der Waals surface area contributed by atoms with Crippen LogP contribution in [-0.2, 0) is 11.3 Å². The third-order valence-electron chi connectivity index (χ3n) is 5.16. The second-order valence-corrected chi connectivity index (χ2v) is 7.22. The van der Waals surface area contributed by atoms with E-state index in [1.165, 1.54) is 18.4 Å². The summed E-state index contributed by atoms with van der Waals surface area (Å²) in [5, 5.41) is 6.42. The smallest absolute Gasteiger partial charge is 0.237 e. The number of carbonyl (C=O) groups is 1. The fraction of sp³-hybridized carbons (Fsp3) is 0.650. The molecule has 3 rings (SSSR count). The Labute approximate surface area is 151 Å². The summed E-state index contributed by atoms with van der Waals surface area (Å²) in [4.78, 5) is 14.7. The third-order valence-corrected chi connectivity index (χ3v) is 5.16. The Morgan fingerprint density at radius 1 is 1.36 bits per heavy atom. The van der Waals surface area contributed by atoms with E-state index < -0.39 is 0 Å². The highest BCUT2D eigenvalue weighted by Gasteiger charge is 2.24. The van der Waals surface area contributed by atoms with E-state index in [4.69, 9.17) is 4.74 Å². The van der Waals surface area contributed by atoms with E-state index in [-0.39, 0.29) is 11.9 Å². The number of likely N-dealkylation sites (tertiary alicyclic amines) is 1. The monoisotopic (exact) mass is 345 g/mol. The van der Waals surface area contributed by atoms with Crippen molar-refractivity contribution < 1.29 is 9.53 Å². The molecule has 2 atom stereocenters. The van der Waals surface area contributed by atoms with Gasteiger partial charge < -0.3 is 15.4 Å². The Kier molecular flexibility index (Phi) is 6.70.